The Bertz CT molecular complexity index is 696. The Hall–Kier alpha value is -2.37. The molecule has 1 fully saturated rings. The highest BCUT2D eigenvalue weighted by Crippen LogP contribution is 2.22. The number of halogens is 1. The van der Waals surface area contributed by atoms with Crippen LogP contribution in [0.5, 0.6) is 0 Å². The number of nitrogens with zero attached hydrogens (tertiary/aromatic N) is 2. The molecule has 1 N–H and O–H groups in total. The first kappa shape index (κ1) is 18.4. The van der Waals surface area contributed by atoms with Gasteiger partial charge in [0.1, 0.15) is 5.82 Å². The fraction of sp³-hybridized carbons (Fsp3) is 0.500. The summed E-state index contributed by atoms with van der Waals surface area (Å²) in [5.41, 5.74) is 0.867. The molecule has 1 heterocycles. The Morgan fingerprint density at radius 3 is 2.58 bits per heavy atom. The second kappa shape index (κ2) is 8.34. The van der Waals surface area contributed by atoms with Crippen molar-refractivity contribution in [3.8, 4) is 0 Å². The van der Waals surface area contributed by atoms with E-state index in [0.717, 1.165) is 19.3 Å². The minimum absolute atomic E-state index is 0.0356. The highest BCUT2D eigenvalue weighted by molar-refractivity contribution is 5.94. The Morgan fingerprint density at radius 1 is 1.19 bits per heavy atom. The van der Waals surface area contributed by atoms with E-state index in [1.807, 2.05) is 4.90 Å². The number of piperazine rings is 1. The minimum atomic E-state index is -0.388. The average Bonchev–Trinajstić information content (AvgIpc) is 2.67. The number of ketones is 1. The fourth-order valence-corrected chi connectivity index (χ4v) is 3.52. The van der Waals surface area contributed by atoms with Crippen LogP contribution >= 0.6 is 0 Å². The van der Waals surface area contributed by atoms with Gasteiger partial charge in [-0.1, -0.05) is 12.2 Å². The van der Waals surface area contributed by atoms with E-state index < -0.39 is 0 Å². The summed E-state index contributed by atoms with van der Waals surface area (Å²) in [4.78, 5) is 27.4. The molecule has 0 aromatic heterocycles. The molecule has 0 saturated carbocycles. The molecule has 2 amide bonds. The van der Waals surface area contributed by atoms with E-state index in [9.17, 15) is 14.0 Å². The number of allylic oxidation sites excluding steroid dienone is 2. The Balaban J connectivity index is 1.50. The second-order valence-corrected chi connectivity index (χ2v) is 7.03. The SMILES string of the molecule is CC(=O)c1ccc(N2CCN(C(=O)NCC3CC=CCC3)CC2)c(F)c1. The van der Waals surface area contributed by atoms with Gasteiger partial charge >= 0.3 is 6.03 Å². The van der Waals surface area contributed by atoms with Crippen molar-refractivity contribution in [3.63, 3.8) is 0 Å². The summed E-state index contributed by atoms with van der Waals surface area (Å²) in [5.74, 6) is -0.00882. The molecule has 1 aliphatic carbocycles. The molecule has 3 rings (SSSR count). The van der Waals surface area contributed by atoms with Crippen LogP contribution in [0.4, 0.5) is 14.9 Å². The molecule has 6 heteroatoms. The number of urea groups is 1. The quantitative estimate of drug-likeness (QED) is 0.663. The highest BCUT2D eigenvalue weighted by Gasteiger charge is 2.23. The zero-order valence-corrected chi connectivity index (χ0v) is 15.2. The van der Waals surface area contributed by atoms with Gasteiger partial charge in [-0.25, -0.2) is 9.18 Å². The van der Waals surface area contributed by atoms with E-state index in [2.05, 4.69) is 17.5 Å². The van der Waals surface area contributed by atoms with Gasteiger partial charge in [-0.15, -0.1) is 0 Å². The molecule has 140 valence electrons. The number of benzene rings is 1. The second-order valence-electron chi connectivity index (χ2n) is 7.03. The van der Waals surface area contributed by atoms with Gasteiger partial charge in [-0.2, -0.15) is 0 Å². The van der Waals surface area contributed by atoms with Crippen molar-refractivity contribution in [2.75, 3.05) is 37.6 Å². The first-order valence-corrected chi connectivity index (χ1v) is 9.28. The fourth-order valence-electron chi connectivity index (χ4n) is 3.52. The number of carbonyl (C=O) groups excluding carboxylic acids is 2. The topological polar surface area (TPSA) is 52.7 Å². The van der Waals surface area contributed by atoms with Crippen LogP contribution in [0.3, 0.4) is 0 Å². The van der Waals surface area contributed by atoms with Crippen LogP contribution in [-0.4, -0.2) is 49.4 Å². The third-order valence-electron chi connectivity index (χ3n) is 5.18. The van der Waals surface area contributed by atoms with Gasteiger partial charge in [0.05, 0.1) is 5.69 Å². The van der Waals surface area contributed by atoms with Gasteiger partial charge in [0.15, 0.2) is 5.78 Å². The maximum atomic E-state index is 14.3. The molecule has 1 aromatic rings. The van der Waals surface area contributed by atoms with E-state index in [4.69, 9.17) is 0 Å². The maximum Gasteiger partial charge on any atom is 0.317 e. The largest absolute Gasteiger partial charge is 0.366 e. The van der Waals surface area contributed by atoms with E-state index in [-0.39, 0.29) is 17.6 Å². The lowest BCUT2D eigenvalue weighted by molar-refractivity contribution is 0.101. The van der Waals surface area contributed by atoms with Gasteiger partial charge in [-0.3, -0.25) is 4.79 Å². The number of carbonyl (C=O) groups is 2. The number of anilines is 1. The van der Waals surface area contributed by atoms with Crippen molar-refractivity contribution in [2.45, 2.75) is 26.2 Å². The molecule has 5 nitrogen and oxygen atoms in total. The van der Waals surface area contributed by atoms with Crippen LogP contribution in [-0.2, 0) is 0 Å². The molecule has 0 bridgehead atoms. The van der Waals surface area contributed by atoms with Crippen molar-refractivity contribution in [3.05, 3.63) is 41.7 Å². The lowest BCUT2D eigenvalue weighted by Gasteiger charge is -2.36. The summed E-state index contributed by atoms with van der Waals surface area (Å²) in [6.07, 6.45) is 7.63. The van der Waals surface area contributed by atoms with Crippen LogP contribution in [0.25, 0.3) is 0 Å². The molecule has 26 heavy (non-hydrogen) atoms. The van der Waals surface area contributed by atoms with Crippen LogP contribution in [0.1, 0.15) is 36.5 Å². The maximum absolute atomic E-state index is 14.3. The first-order chi connectivity index (χ1) is 12.5. The highest BCUT2D eigenvalue weighted by atomic mass is 19.1. The Labute approximate surface area is 153 Å². The number of nitrogens with one attached hydrogen (secondary N) is 1. The summed E-state index contributed by atoms with van der Waals surface area (Å²) in [6, 6.07) is 4.55. The van der Waals surface area contributed by atoms with Crippen molar-refractivity contribution >= 4 is 17.5 Å². The number of rotatable bonds is 4. The number of Topliss-reactive ketones (excluding diaryl/α,β-unsaturated/α-hetero) is 1. The zero-order chi connectivity index (χ0) is 18.5. The lowest BCUT2D eigenvalue weighted by atomic mass is 9.94. The molecule has 1 saturated heterocycles. The predicted molar refractivity (Wildman–Crippen MR) is 100 cm³/mol. The van der Waals surface area contributed by atoms with E-state index in [1.54, 1.807) is 17.0 Å². The average molecular weight is 359 g/mol. The summed E-state index contributed by atoms with van der Waals surface area (Å²) in [6.45, 7) is 4.42. The zero-order valence-electron chi connectivity index (χ0n) is 15.2. The third-order valence-corrected chi connectivity index (χ3v) is 5.18. The van der Waals surface area contributed by atoms with Crippen molar-refractivity contribution in [1.29, 1.82) is 0 Å². The Morgan fingerprint density at radius 2 is 1.96 bits per heavy atom. The van der Waals surface area contributed by atoms with Gasteiger partial charge in [0.25, 0.3) is 0 Å². The van der Waals surface area contributed by atoms with E-state index in [1.165, 1.54) is 13.0 Å². The molecule has 0 spiro atoms. The lowest BCUT2D eigenvalue weighted by Crippen LogP contribution is -2.52. The number of hydrogen-bond acceptors (Lipinski definition) is 3. The molecular formula is C20H26FN3O2. The van der Waals surface area contributed by atoms with Crippen molar-refractivity contribution < 1.29 is 14.0 Å². The minimum Gasteiger partial charge on any atom is -0.366 e. The van der Waals surface area contributed by atoms with Crippen LogP contribution in [0, 0.1) is 11.7 Å². The van der Waals surface area contributed by atoms with Gasteiger partial charge < -0.3 is 15.1 Å². The van der Waals surface area contributed by atoms with Crippen LogP contribution in [0.2, 0.25) is 0 Å². The molecule has 1 aromatic carbocycles. The molecule has 1 atom stereocenters. The first-order valence-electron chi connectivity index (χ1n) is 9.28. The summed E-state index contributed by atoms with van der Waals surface area (Å²) >= 11 is 0. The third kappa shape index (κ3) is 4.42. The summed E-state index contributed by atoms with van der Waals surface area (Å²) < 4.78 is 14.3. The monoisotopic (exact) mass is 359 g/mol. The normalized spacial score (nSPS) is 20.2. The molecule has 2 aliphatic rings. The predicted octanol–water partition coefficient (Wildman–Crippen LogP) is 3.22. The molecule has 1 aliphatic heterocycles. The van der Waals surface area contributed by atoms with Crippen LogP contribution < -0.4 is 10.2 Å². The Kier molecular flexibility index (Phi) is 5.91. The standard InChI is InChI=1S/C20H26FN3O2/c1-15(25)17-7-8-19(18(21)13-17)23-9-11-24(12-10-23)20(26)22-14-16-5-3-2-4-6-16/h2-3,7-8,13,16H,4-6,9-12,14H2,1H3,(H,22,26). The van der Waals surface area contributed by atoms with E-state index in [0.29, 0.717) is 49.9 Å². The van der Waals surface area contributed by atoms with E-state index >= 15 is 0 Å². The number of amides is 2. The smallest absolute Gasteiger partial charge is 0.317 e. The molecule has 0 radical (unpaired) electrons. The van der Waals surface area contributed by atoms with Crippen molar-refractivity contribution in [2.24, 2.45) is 5.92 Å². The van der Waals surface area contributed by atoms with Gasteiger partial charge in [-0.05, 0) is 50.3 Å². The summed E-state index contributed by atoms with van der Waals surface area (Å²) in [7, 11) is 0. The summed E-state index contributed by atoms with van der Waals surface area (Å²) in [5, 5.41) is 3.03. The van der Waals surface area contributed by atoms with Gasteiger partial charge in [0, 0.05) is 38.3 Å². The van der Waals surface area contributed by atoms with Gasteiger partial charge in [0.2, 0.25) is 0 Å². The van der Waals surface area contributed by atoms with Crippen LogP contribution in [0.15, 0.2) is 30.4 Å². The number of hydrogen-bond donors (Lipinski definition) is 1. The molecular weight excluding hydrogens is 333 g/mol. The molecule has 1 unspecified atom stereocenters. The van der Waals surface area contributed by atoms with Crippen molar-refractivity contribution in [1.82, 2.24) is 10.2 Å².